The van der Waals surface area contributed by atoms with Gasteiger partial charge in [-0.3, -0.25) is 4.79 Å². The van der Waals surface area contributed by atoms with Crippen molar-refractivity contribution in [3.63, 3.8) is 0 Å². The van der Waals surface area contributed by atoms with Crippen LogP contribution in [0.15, 0.2) is 24.3 Å². The van der Waals surface area contributed by atoms with Crippen LogP contribution < -0.4 is 5.32 Å². The molecule has 1 rings (SSSR count). The fourth-order valence-electron chi connectivity index (χ4n) is 1.26. The first-order chi connectivity index (χ1) is 9.02. The molecule has 0 heterocycles. The number of carbonyl (C=O) groups excluding carboxylic acids is 1. The molecular formula is C12H14ClNO4S. The summed E-state index contributed by atoms with van der Waals surface area (Å²) in [5.74, 6) is -0.910. The molecule has 1 aromatic rings. The second-order valence-electron chi connectivity index (χ2n) is 3.76. The molecule has 0 fully saturated rings. The van der Waals surface area contributed by atoms with Gasteiger partial charge in [0.1, 0.15) is 6.04 Å². The highest BCUT2D eigenvalue weighted by molar-refractivity contribution is 7.99. The Bertz CT molecular complexity index is 438. The van der Waals surface area contributed by atoms with Crippen LogP contribution in [0.4, 0.5) is 0 Å². The second kappa shape index (κ2) is 8.04. The Morgan fingerprint density at radius 3 is 2.47 bits per heavy atom. The smallest absolute Gasteiger partial charge is 0.328 e. The molecule has 5 nitrogen and oxygen atoms in total. The van der Waals surface area contributed by atoms with E-state index in [9.17, 15) is 9.59 Å². The number of hydrogen-bond donors (Lipinski definition) is 3. The second-order valence-corrected chi connectivity index (χ2v) is 5.18. The molecule has 0 saturated carbocycles. The van der Waals surface area contributed by atoms with Crippen molar-refractivity contribution in [3.8, 4) is 0 Å². The predicted octanol–water partition coefficient (Wildman–Crippen LogP) is 1.13. The average Bonchev–Trinajstić information content (AvgIpc) is 2.38. The topological polar surface area (TPSA) is 86.6 Å². The van der Waals surface area contributed by atoms with Crippen LogP contribution in [0.1, 0.15) is 5.56 Å². The molecule has 1 atom stereocenters. The SMILES string of the molecule is O=C(CSCc1ccc(Cl)cc1)NC(CO)C(=O)O. The lowest BCUT2D eigenvalue weighted by molar-refractivity contribution is -0.142. The number of amides is 1. The minimum atomic E-state index is -1.25. The first-order valence-corrected chi connectivity index (χ1v) is 7.01. The quantitative estimate of drug-likeness (QED) is 0.703. The highest BCUT2D eigenvalue weighted by Crippen LogP contribution is 2.15. The van der Waals surface area contributed by atoms with Crippen LogP contribution in [0.3, 0.4) is 0 Å². The van der Waals surface area contributed by atoms with Gasteiger partial charge in [0, 0.05) is 10.8 Å². The summed E-state index contributed by atoms with van der Waals surface area (Å²) in [5, 5.41) is 20.3. The lowest BCUT2D eigenvalue weighted by atomic mass is 10.2. The number of carbonyl (C=O) groups is 2. The molecule has 0 aromatic heterocycles. The van der Waals surface area contributed by atoms with E-state index in [4.69, 9.17) is 21.8 Å². The Balaban J connectivity index is 2.30. The Kier molecular flexibility index (Phi) is 6.69. The van der Waals surface area contributed by atoms with E-state index in [0.717, 1.165) is 5.56 Å². The van der Waals surface area contributed by atoms with Gasteiger partial charge in [-0.25, -0.2) is 4.79 Å². The molecule has 1 amide bonds. The number of carboxylic acid groups (broad SMARTS) is 1. The van der Waals surface area contributed by atoms with Gasteiger partial charge >= 0.3 is 5.97 Å². The van der Waals surface area contributed by atoms with Crippen molar-refractivity contribution in [2.24, 2.45) is 0 Å². The minimum Gasteiger partial charge on any atom is -0.480 e. The normalized spacial score (nSPS) is 11.9. The van der Waals surface area contributed by atoms with Gasteiger partial charge in [-0.15, -0.1) is 11.8 Å². The third-order valence-corrected chi connectivity index (χ3v) is 3.49. The van der Waals surface area contributed by atoms with Crippen LogP contribution in [-0.2, 0) is 15.3 Å². The maximum Gasteiger partial charge on any atom is 0.328 e. The molecule has 3 N–H and O–H groups in total. The van der Waals surface area contributed by atoms with Gasteiger partial charge in [-0.2, -0.15) is 0 Å². The number of aliphatic hydroxyl groups is 1. The molecular weight excluding hydrogens is 290 g/mol. The molecule has 104 valence electrons. The Morgan fingerprint density at radius 2 is 1.95 bits per heavy atom. The number of rotatable bonds is 7. The van der Waals surface area contributed by atoms with E-state index in [-0.39, 0.29) is 5.75 Å². The van der Waals surface area contributed by atoms with Gasteiger partial charge in [0.15, 0.2) is 0 Å². The number of aliphatic hydroxyl groups excluding tert-OH is 1. The summed E-state index contributed by atoms with van der Waals surface area (Å²) in [4.78, 5) is 22.0. The fraction of sp³-hybridized carbons (Fsp3) is 0.333. The first kappa shape index (κ1) is 15.8. The predicted molar refractivity (Wildman–Crippen MR) is 74.3 cm³/mol. The molecule has 0 spiro atoms. The largest absolute Gasteiger partial charge is 0.480 e. The van der Waals surface area contributed by atoms with E-state index < -0.39 is 24.5 Å². The van der Waals surface area contributed by atoms with Gasteiger partial charge in [0.25, 0.3) is 0 Å². The van der Waals surface area contributed by atoms with Gasteiger partial charge in [-0.1, -0.05) is 23.7 Å². The summed E-state index contributed by atoms with van der Waals surface area (Å²) in [6, 6.07) is 6.01. The fourth-order valence-corrected chi connectivity index (χ4v) is 2.19. The van der Waals surface area contributed by atoms with Gasteiger partial charge < -0.3 is 15.5 Å². The van der Waals surface area contributed by atoms with E-state index in [1.165, 1.54) is 11.8 Å². The monoisotopic (exact) mass is 303 g/mol. The summed E-state index contributed by atoms with van der Waals surface area (Å²) < 4.78 is 0. The molecule has 1 aromatic carbocycles. The maximum absolute atomic E-state index is 11.4. The Morgan fingerprint density at radius 1 is 1.32 bits per heavy atom. The minimum absolute atomic E-state index is 0.131. The van der Waals surface area contributed by atoms with Crippen molar-refractivity contribution >= 4 is 35.2 Å². The van der Waals surface area contributed by atoms with Crippen molar-refractivity contribution in [2.45, 2.75) is 11.8 Å². The first-order valence-electron chi connectivity index (χ1n) is 5.48. The average molecular weight is 304 g/mol. The van der Waals surface area contributed by atoms with Gasteiger partial charge in [-0.05, 0) is 17.7 Å². The number of halogens is 1. The van der Waals surface area contributed by atoms with Crippen molar-refractivity contribution < 1.29 is 19.8 Å². The van der Waals surface area contributed by atoms with Gasteiger partial charge in [0.2, 0.25) is 5.91 Å². The van der Waals surface area contributed by atoms with E-state index in [2.05, 4.69) is 5.32 Å². The van der Waals surface area contributed by atoms with Crippen LogP contribution in [0.5, 0.6) is 0 Å². The van der Waals surface area contributed by atoms with Crippen molar-refractivity contribution in [2.75, 3.05) is 12.4 Å². The molecule has 0 aliphatic rings. The molecule has 1 unspecified atom stereocenters. The molecule has 0 bridgehead atoms. The van der Waals surface area contributed by atoms with Crippen molar-refractivity contribution in [1.82, 2.24) is 5.32 Å². The number of thioether (sulfide) groups is 1. The third kappa shape index (κ3) is 5.96. The summed E-state index contributed by atoms with van der Waals surface area (Å²) >= 11 is 7.10. The highest BCUT2D eigenvalue weighted by atomic mass is 35.5. The maximum atomic E-state index is 11.4. The van der Waals surface area contributed by atoms with Crippen LogP contribution in [-0.4, -0.2) is 40.5 Å². The van der Waals surface area contributed by atoms with Crippen molar-refractivity contribution in [1.29, 1.82) is 0 Å². The zero-order valence-corrected chi connectivity index (χ0v) is 11.6. The zero-order chi connectivity index (χ0) is 14.3. The highest BCUT2D eigenvalue weighted by Gasteiger charge is 2.18. The number of hydrogen-bond acceptors (Lipinski definition) is 4. The zero-order valence-electron chi connectivity index (χ0n) is 10.0. The van der Waals surface area contributed by atoms with Crippen LogP contribution in [0.2, 0.25) is 5.02 Å². The van der Waals surface area contributed by atoms with E-state index in [1.54, 1.807) is 12.1 Å². The summed E-state index contributed by atoms with van der Waals surface area (Å²) in [6.07, 6.45) is 0. The standard InChI is InChI=1S/C12H14ClNO4S/c13-9-3-1-8(2-4-9)6-19-7-11(16)14-10(5-15)12(17)18/h1-4,10,15H,5-7H2,(H,14,16)(H,17,18). The van der Waals surface area contributed by atoms with Crippen LogP contribution in [0.25, 0.3) is 0 Å². The lowest BCUT2D eigenvalue weighted by Gasteiger charge is -2.11. The lowest BCUT2D eigenvalue weighted by Crippen LogP contribution is -2.44. The molecule has 7 heteroatoms. The Hall–Kier alpha value is -1.24. The Labute approximate surface area is 120 Å². The van der Waals surface area contributed by atoms with Crippen molar-refractivity contribution in [3.05, 3.63) is 34.9 Å². The third-order valence-electron chi connectivity index (χ3n) is 2.23. The number of carboxylic acids is 1. The molecule has 0 aliphatic heterocycles. The van der Waals surface area contributed by atoms with Gasteiger partial charge in [0.05, 0.1) is 12.4 Å². The van der Waals surface area contributed by atoms with Crippen LogP contribution >= 0.6 is 23.4 Å². The molecule has 0 aliphatic carbocycles. The molecule has 0 radical (unpaired) electrons. The summed E-state index contributed by atoms with van der Waals surface area (Å²) in [6.45, 7) is -0.622. The van der Waals surface area contributed by atoms with E-state index >= 15 is 0 Å². The van der Waals surface area contributed by atoms with E-state index in [1.807, 2.05) is 12.1 Å². The van der Waals surface area contributed by atoms with Crippen LogP contribution in [0, 0.1) is 0 Å². The van der Waals surface area contributed by atoms with E-state index in [0.29, 0.717) is 10.8 Å². The summed E-state index contributed by atoms with van der Waals surface area (Å²) in [7, 11) is 0. The summed E-state index contributed by atoms with van der Waals surface area (Å²) in [5.41, 5.74) is 1.03. The number of benzene rings is 1. The number of nitrogens with one attached hydrogen (secondary N) is 1. The number of aliphatic carboxylic acids is 1. The molecule has 19 heavy (non-hydrogen) atoms. The molecule has 0 saturated heterocycles.